The van der Waals surface area contributed by atoms with Crippen molar-refractivity contribution in [2.45, 2.75) is 19.4 Å². The van der Waals surface area contributed by atoms with Crippen LogP contribution in [0.5, 0.6) is 5.88 Å². The summed E-state index contributed by atoms with van der Waals surface area (Å²) in [6.07, 6.45) is 0.436. The number of amides is 1. The molecule has 7 nitrogen and oxygen atoms in total. The molecule has 0 aliphatic carbocycles. The molecule has 0 saturated heterocycles. The van der Waals surface area contributed by atoms with Crippen molar-refractivity contribution >= 4 is 44.9 Å². The van der Waals surface area contributed by atoms with Gasteiger partial charge in [-0.25, -0.2) is 13.4 Å². The number of aliphatic imine (C=N–C) groups is 1. The number of rotatable bonds is 7. The zero-order chi connectivity index (χ0) is 23.0. The fourth-order valence-electron chi connectivity index (χ4n) is 3.74. The number of halogens is 2. The minimum absolute atomic E-state index is 0.125. The lowest BCUT2D eigenvalue weighted by atomic mass is 10.0. The molecule has 2 heterocycles. The summed E-state index contributed by atoms with van der Waals surface area (Å²) in [6.45, 7) is 0.202. The van der Waals surface area contributed by atoms with E-state index in [1.807, 2.05) is 0 Å². The van der Waals surface area contributed by atoms with Crippen molar-refractivity contribution in [3.05, 3.63) is 75.3 Å². The Morgan fingerprint density at radius 2 is 1.47 bits per heavy atom. The van der Waals surface area contributed by atoms with Crippen LogP contribution in [0.25, 0.3) is 11.3 Å². The van der Waals surface area contributed by atoms with Gasteiger partial charge < -0.3 is 14.2 Å². The van der Waals surface area contributed by atoms with Crippen molar-refractivity contribution in [2.24, 2.45) is 4.99 Å². The Kier molecular flexibility index (Phi) is 6.13. The molecule has 0 fully saturated rings. The molecule has 0 spiro atoms. The lowest BCUT2D eigenvalue weighted by molar-refractivity contribution is 0.101. The van der Waals surface area contributed by atoms with E-state index in [0.717, 1.165) is 0 Å². The zero-order valence-corrected chi connectivity index (χ0v) is 18.9. The standard InChI is InChI=1S/C22H18Cl2N2O5S/c23-15-7-3-13(4-8-15)19-17-18(21(27)25-19)20(14-5-9-16(24)10-6-14)26(22(17)28)11-1-2-12-32(29,30)31/h3-10,28H,1-2,11-12H2,(H,29,30,31)/p-1. The van der Waals surface area contributed by atoms with E-state index in [0.29, 0.717) is 44.6 Å². The predicted molar refractivity (Wildman–Crippen MR) is 122 cm³/mol. The van der Waals surface area contributed by atoms with Gasteiger partial charge in [0.2, 0.25) is 5.88 Å². The van der Waals surface area contributed by atoms with E-state index in [1.54, 1.807) is 53.1 Å². The van der Waals surface area contributed by atoms with E-state index in [4.69, 9.17) is 23.2 Å². The average molecular weight is 492 g/mol. The van der Waals surface area contributed by atoms with Crippen molar-refractivity contribution in [2.75, 3.05) is 5.75 Å². The van der Waals surface area contributed by atoms with Gasteiger partial charge in [0, 0.05) is 27.9 Å². The van der Waals surface area contributed by atoms with E-state index in [1.165, 1.54) is 0 Å². The molecule has 1 amide bonds. The molecule has 1 aliphatic heterocycles. The van der Waals surface area contributed by atoms with E-state index in [9.17, 15) is 22.9 Å². The quantitative estimate of drug-likeness (QED) is 0.386. The number of fused-ring (bicyclic) bond motifs is 1. The first-order chi connectivity index (χ1) is 15.2. The van der Waals surface area contributed by atoms with E-state index < -0.39 is 21.8 Å². The molecule has 0 unspecified atom stereocenters. The summed E-state index contributed by atoms with van der Waals surface area (Å²) in [5, 5.41) is 12.1. The van der Waals surface area contributed by atoms with Gasteiger partial charge in [-0.05, 0) is 42.7 Å². The van der Waals surface area contributed by atoms with Crippen LogP contribution in [0.2, 0.25) is 10.0 Å². The molecule has 0 saturated carbocycles. The van der Waals surface area contributed by atoms with Gasteiger partial charge in [-0.1, -0.05) is 47.5 Å². The highest BCUT2D eigenvalue weighted by atomic mass is 35.5. The summed E-state index contributed by atoms with van der Waals surface area (Å²) in [7, 11) is -4.33. The van der Waals surface area contributed by atoms with Crippen LogP contribution in [0, 0.1) is 0 Å². The van der Waals surface area contributed by atoms with Gasteiger partial charge in [-0.3, -0.25) is 4.79 Å². The Morgan fingerprint density at radius 3 is 2.03 bits per heavy atom. The number of carbonyl (C=O) groups is 1. The number of hydrogen-bond donors (Lipinski definition) is 1. The fourth-order valence-corrected chi connectivity index (χ4v) is 4.55. The molecule has 1 aliphatic rings. The molecular weight excluding hydrogens is 475 g/mol. The molecule has 3 aromatic rings. The van der Waals surface area contributed by atoms with Gasteiger partial charge in [-0.2, -0.15) is 0 Å². The summed E-state index contributed by atoms with van der Waals surface area (Å²) < 4.78 is 34.3. The largest absolute Gasteiger partial charge is 0.748 e. The summed E-state index contributed by atoms with van der Waals surface area (Å²) in [5.74, 6) is -1.15. The number of hydrogen-bond acceptors (Lipinski definition) is 5. The van der Waals surface area contributed by atoms with Gasteiger partial charge in [0.05, 0.1) is 32.7 Å². The van der Waals surface area contributed by atoms with Gasteiger partial charge in [0.1, 0.15) is 0 Å². The first kappa shape index (κ1) is 22.5. The van der Waals surface area contributed by atoms with Crippen LogP contribution in [0.4, 0.5) is 0 Å². The topological polar surface area (TPSA) is 112 Å². The van der Waals surface area contributed by atoms with Crippen molar-refractivity contribution < 1.29 is 22.9 Å². The molecule has 166 valence electrons. The number of benzene rings is 2. The van der Waals surface area contributed by atoms with Gasteiger partial charge in [0.15, 0.2) is 0 Å². The predicted octanol–water partition coefficient (Wildman–Crippen LogP) is 4.48. The third kappa shape index (κ3) is 4.45. The van der Waals surface area contributed by atoms with Crippen molar-refractivity contribution in [1.29, 1.82) is 0 Å². The fraction of sp³-hybridized carbons (Fsp3) is 0.182. The van der Waals surface area contributed by atoms with E-state index in [-0.39, 0.29) is 24.4 Å². The number of nitrogens with zero attached hydrogens (tertiary/aromatic N) is 2. The summed E-state index contributed by atoms with van der Waals surface area (Å²) >= 11 is 12.0. The second-order valence-electron chi connectivity index (χ2n) is 7.32. The molecule has 10 heteroatoms. The summed E-state index contributed by atoms with van der Waals surface area (Å²) in [5.41, 5.74) is 2.61. The second-order valence-corrected chi connectivity index (χ2v) is 9.72. The highest BCUT2D eigenvalue weighted by Gasteiger charge is 2.36. The highest BCUT2D eigenvalue weighted by Crippen LogP contribution is 2.41. The lowest BCUT2D eigenvalue weighted by Gasteiger charge is -2.13. The molecule has 1 aromatic heterocycles. The van der Waals surface area contributed by atoms with Gasteiger partial charge >= 0.3 is 0 Å². The Balaban J connectivity index is 1.81. The Hall–Kier alpha value is -2.65. The van der Waals surface area contributed by atoms with Crippen LogP contribution < -0.4 is 0 Å². The minimum Gasteiger partial charge on any atom is -0.748 e. The number of carbonyl (C=O) groups excluding carboxylic acids is 1. The van der Waals surface area contributed by atoms with Crippen molar-refractivity contribution in [1.82, 2.24) is 4.57 Å². The molecule has 0 bridgehead atoms. The molecule has 32 heavy (non-hydrogen) atoms. The van der Waals surface area contributed by atoms with E-state index >= 15 is 0 Å². The monoisotopic (exact) mass is 491 g/mol. The Labute approximate surface area is 194 Å². The number of unbranched alkanes of at least 4 members (excludes halogenated alkanes) is 1. The van der Waals surface area contributed by atoms with Crippen LogP contribution in [-0.2, 0) is 16.7 Å². The van der Waals surface area contributed by atoms with Gasteiger partial charge in [0.25, 0.3) is 5.91 Å². The molecule has 4 rings (SSSR count). The number of aromatic nitrogens is 1. The van der Waals surface area contributed by atoms with Crippen molar-refractivity contribution in [3.63, 3.8) is 0 Å². The first-order valence-corrected chi connectivity index (χ1v) is 12.0. The molecule has 0 radical (unpaired) electrons. The van der Waals surface area contributed by atoms with Crippen LogP contribution >= 0.6 is 23.2 Å². The van der Waals surface area contributed by atoms with E-state index in [2.05, 4.69) is 4.99 Å². The molecular formula is C22H17Cl2N2O5S-. The maximum atomic E-state index is 12.9. The van der Waals surface area contributed by atoms with Gasteiger partial charge in [-0.15, -0.1) is 0 Å². The maximum absolute atomic E-state index is 12.9. The SMILES string of the molecule is O=C1N=C(c2ccc(Cl)cc2)c2c1c(-c1ccc(Cl)cc1)n(CCCCS(=O)(=O)[O-])c2O. The Morgan fingerprint density at radius 1 is 0.906 bits per heavy atom. The zero-order valence-electron chi connectivity index (χ0n) is 16.6. The van der Waals surface area contributed by atoms with Crippen LogP contribution in [0.15, 0.2) is 53.5 Å². The van der Waals surface area contributed by atoms with Crippen molar-refractivity contribution in [3.8, 4) is 17.1 Å². The summed E-state index contributed by atoms with van der Waals surface area (Å²) in [6, 6.07) is 13.5. The summed E-state index contributed by atoms with van der Waals surface area (Å²) in [4.78, 5) is 17.1. The maximum Gasteiger partial charge on any atom is 0.280 e. The minimum atomic E-state index is -4.33. The second kappa shape index (κ2) is 8.71. The third-order valence-electron chi connectivity index (χ3n) is 5.16. The van der Waals surface area contributed by atoms with Crippen LogP contribution in [-0.4, -0.2) is 40.0 Å². The molecule has 1 N–H and O–H groups in total. The highest BCUT2D eigenvalue weighted by molar-refractivity contribution is 7.85. The smallest absolute Gasteiger partial charge is 0.280 e. The molecule has 0 atom stereocenters. The van der Waals surface area contributed by atoms with Crippen LogP contribution in [0.1, 0.15) is 34.3 Å². The first-order valence-electron chi connectivity index (χ1n) is 9.70. The third-order valence-corrected chi connectivity index (χ3v) is 6.45. The molecule has 2 aromatic carbocycles. The normalized spacial score (nSPS) is 13.3. The number of aromatic hydroxyl groups is 1. The lowest BCUT2D eigenvalue weighted by Crippen LogP contribution is -2.08. The Bertz CT molecular complexity index is 1330. The van der Waals surface area contributed by atoms with Crippen LogP contribution in [0.3, 0.4) is 0 Å². The average Bonchev–Trinajstić information content (AvgIpc) is 3.21.